The van der Waals surface area contributed by atoms with Crippen molar-refractivity contribution in [3.05, 3.63) is 65.7 Å². The molecule has 4 rings (SSSR count). The maximum atomic E-state index is 12.4. The molecule has 2 aromatic heterocycles. The van der Waals surface area contributed by atoms with E-state index < -0.39 is 0 Å². The predicted molar refractivity (Wildman–Crippen MR) is 76.7 cm³/mol. The molecule has 104 valence electrons. The molecule has 3 aromatic rings. The molecule has 1 N–H and O–H groups in total. The zero-order chi connectivity index (χ0) is 14.4. The Balaban J connectivity index is 1.93. The van der Waals surface area contributed by atoms with Gasteiger partial charge in [-0.25, -0.2) is 0 Å². The molecule has 0 fully saturated rings. The van der Waals surface area contributed by atoms with Crippen molar-refractivity contribution in [1.82, 2.24) is 15.1 Å². The summed E-state index contributed by atoms with van der Waals surface area (Å²) in [5.74, 6) is 0.671. The highest BCUT2D eigenvalue weighted by molar-refractivity contribution is 5.99. The number of aromatic nitrogens is 2. The minimum absolute atomic E-state index is 0.0684. The molecule has 0 saturated carbocycles. The number of furan rings is 1. The standard InChI is InChI=1S/C16H13N3O2/c1-19-15(11-8-5-9-21-11)12-13(10-6-3-2-4-7-10)17-18-14(12)16(19)20/h2-9,15H,1H3,(H,17,18)/t15-/m1/s1. The van der Waals surface area contributed by atoms with E-state index in [1.807, 2.05) is 42.5 Å². The zero-order valence-electron chi connectivity index (χ0n) is 11.4. The Hall–Kier alpha value is -2.82. The highest BCUT2D eigenvalue weighted by Crippen LogP contribution is 2.41. The van der Waals surface area contributed by atoms with Crippen LogP contribution in [-0.2, 0) is 0 Å². The Labute approximate surface area is 121 Å². The summed E-state index contributed by atoms with van der Waals surface area (Å²) in [6.45, 7) is 0. The fourth-order valence-electron chi connectivity index (χ4n) is 2.86. The first-order chi connectivity index (χ1) is 10.3. The first-order valence-corrected chi connectivity index (χ1v) is 6.71. The molecule has 3 heterocycles. The van der Waals surface area contributed by atoms with Crippen LogP contribution in [0.1, 0.15) is 27.9 Å². The molecular weight excluding hydrogens is 266 g/mol. The van der Waals surface area contributed by atoms with Crippen molar-refractivity contribution >= 4 is 5.91 Å². The van der Waals surface area contributed by atoms with Crippen molar-refractivity contribution in [1.29, 1.82) is 0 Å². The van der Waals surface area contributed by atoms with Crippen LogP contribution in [-0.4, -0.2) is 28.1 Å². The van der Waals surface area contributed by atoms with Gasteiger partial charge in [-0.3, -0.25) is 9.89 Å². The average Bonchev–Trinajstić information content (AvgIpc) is 3.21. The van der Waals surface area contributed by atoms with Crippen molar-refractivity contribution in [3.63, 3.8) is 0 Å². The quantitative estimate of drug-likeness (QED) is 0.784. The fourth-order valence-corrected chi connectivity index (χ4v) is 2.86. The number of nitrogens with zero attached hydrogens (tertiary/aromatic N) is 2. The molecule has 1 aliphatic rings. The molecule has 21 heavy (non-hydrogen) atoms. The summed E-state index contributed by atoms with van der Waals surface area (Å²) in [4.78, 5) is 14.0. The maximum absolute atomic E-state index is 12.4. The van der Waals surface area contributed by atoms with E-state index in [4.69, 9.17) is 4.42 Å². The number of fused-ring (bicyclic) bond motifs is 1. The number of nitrogens with one attached hydrogen (secondary N) is 1. The lowest BCUT2D eigenvalue weighted by Crippen LogP contribution is -2.24. The molecule has 1 atom stereocenters. The number of hydrogen-bond acceptors (Lipinski definition) is 3. The van der Waals surface area contributed by atoms with Crippen molar-refractivity contribution in [3.8, 4) is 11.3 Å². The zero-order valence-corrected chi connectivity index (χ0v) is 11.4. The van der Waals surface area contributed by atoms with Crippen molar-refractivity contribution in [2.24, 2.45) is 0 Å². The van der Waals surface area contributed by atoms with Gasteiger partial charge in [0.05, 0.1) is 12.0 Å². The number of amides is 1. The van der Waals surface area contributed by atoms with Crippen LogP contribution in [0.15, 0.2) is 53.1 Å². The number of carbonyl (C=O) groups excluding carboxylic acids is 1. The Morgan fingerprint density at radius 2 is 2.00 bits per heavy atom. The van der Waals surface area contributed by atoms with E-state index in [-0.39, 0.29) is 11.9 Å². The largest absolute Gasteiger partial charge is 0.467 e. The minimum atomic E-state index is -0.239. The SMILES string of the molecule is CN1C(=O)c2[nH]nc(-c3ccccc3)c2[C@H]1c1ccco1. The summed E-state index contributed by atoms with van der Waals surface area (Å²) in [5, 5.41) is 7.21. The van der Waals surface area contributed by atoms with Gasteiger partial charge < -0.3 is 9.32 Å². The maximum Gasteiger partial charge on any atom is 0.272 e. The van der Waals surface area contributed by atoms with Crippen LogP contribution in [0.25, 0.3) is 11.3 Å². The molecule has 5 nitrogen and oxygen atoms in total. The van der Waals surface area contributed by atoms with Crippen LogP contribution in [0.5, 0.6) is 0 Å². The Morgan fingerprint density at radius 1 is 1.19 bits per heavy atom. The fraction of sp³-hybridized carbons (Fsp3) is 0.125. The molecule has 0 spiro atoms. The van der Waals surface area contributed by atoms with E-state index in [1.54, 1.807) is 18.2 Å². The van der Waals surface area contributed by atoms with Gasteiger partial charge in [0.25, 0.3) is 5.91 Å². The van der Waals surface area contributed by atoms with Crippen molar-refractivity contribution in [2.75, 3.05) is 7.05 Å². The van der Waals surface area contributed by atoms with Crippen LogP contribution in [0.3, 0.4) is 0 Å². The molecule has 0 saturated heterocycles. The van der Waals surface area contributed by atoms with Gasteiger partial charge in [0.2, 0.25) is 0 Å². The molecule has 5 heteroatoms. The molecule has 1 amide bonds. The number of benzene rings is 1. The number of H-pyrrole nitrogens is 1. The molecule has 0 aliphatic carbocycles. The van der Waals surface area contributed by atoms with E-state index in [2.05, 4.69) is 10.2 Å². The summed E-state index contributed by atoms with van der Waals surface area (Å²) in [6.07, 6.45) is 1.62. The summed E-state index contributed by atoms with van der Waals surface area (Å²) in [5.41, 5.74) is 3.20. The van der Waals surface area contributed by atoms with E-state index in [0.717, 1.165) is 22.6 Å². The lowest BCUT2D eigenvalue weighted by Gasteiger charge is -2.19. The molecular formula is C16H13N3O2. The summed E-state index contributed by atoms with van der Waals surface area (Å²) >= 11 is 0. The Bertz CT molecular complexity index is 790. The van der Waals surface area contributed by atoms with Gasteiger partial charge in [0.15, 0.2) is 0 Å². The summed E-state index contributed by atoms with van der Waals surface area (Å²) in [7, 11) is 1.78. The van der Waals surface area contributed by atoms with Crippen molar-refractivity contribution < 1.29 is 9.21 Å². The average molecular weight is 279 g/mol. The smallest absolute Gasteiger partial charge is 0.272 e. The second kappa shape index (κ2) is 4.34. The molecule has 0 radical (unpaired) electrons. The predicted octanol–water partition coefficient (Wildman–Crippen LogP) is 2.84. The second-order valence-corrected chi connectivity index (χ2v) is 5.06. The highest BCUT2D eigenvalue weighted by atomic mass is 16.3. The molecule has 0 bridgehead atoms. The van der Waals surface area contributed by atoms with Gasteiger partial charge >= 0.3 is 0 Å². The van der Waals surface area contributed by atoms with Crippen LogP contribution in [0.4, 0.5) is 0 Å². The van der Waals surface area contributed by atoms with Gasteiger partial charge in [0.1, 0.15) is 17.5 Å². The minimum Gasteiger partial charge on any atom is -0.467 e. The first kappa shape index (κ1) is 12.0. The van der Waals surface area contributed by atoms with Crippen LogP contribution in [0.2, 0.25) is 0 Å². The Morgan fingerprint density at radius 3 is 2.71 bits per heavy atom. The van der Waals surface area contributed by atoms with Gasteiger partial charge in [0, 0.05) is 18.2 Å². The van der Waals surface area contributed by atoms with E-state index in [0.29, 0.717) is 5.69 Å². The van der Waals surface area contributed by atoms with Gasteiger partial charge in [-0.1, -0.05) is 30.3 Å². The van der Waals surface area contributed by atoms with E-state index in [9.17, 15) is 4.79 Å². The third kappa shape index (κ3) is 1.64. The topological polar surface area (TPSA) is 62.1 Å². The first-order valence-electron chi connectivity index (χ1n) is 6.71. The molecule has 1 aromatic carbocycles. The van der Waals surface area contributed by atoms with Crippen LogP contribution < -0.4 is 0 Å². The lowest BCUT2D eigenvalue weighted by molar-refractivity contribution is 0.0777. The Kier molecular flexibility index (Phi) is 2.47. The van der Waals surface area contributed by atoms with Crippen molar-refractivity contribution in [2.45, 2.75) is 6.04 Å². The normalized spacial score (nSPS) is 17.3. The van der Waals surface area contributed by atoms with Gasteiger partial charge in [-0.05, 0) is 12.1 Å². The van der Waals surface area contributed by atoms with E-state index in [1.165, 1.54) is 0 Å². The second-order valence-electron chi connectivity index (χ2n) is 5.06. The number of hydrogen-bond donors (Lipinski definition) is 1. The molecule has 0 unspecified atom stereocenters. The third-order valence-electron chi connectivity index (χ3n) is 3.86. The van der Waals surface area contributed by atoms with Crippen LogP contribution >= 0.6 is 0 Å². The number of carbonyl (C=O) groups is 1. The monoisotopic (exact) mass is 279 g/mol. The highest BCUT2D eigenvalue weighted by Gasteiger charge is 2.41. The number of aromatic amines is 1. The summed E-state index contributed by atoms with van der Waals surface area (Å²) in [6, 6.07) is 13.3. The van der Waals surface area contributed by atoms with Crippen LogP contribution in [0, 0.1) is 0 Å². The third-order valence-corrected chi connectivity index (χ3v) is 3.86. The van der Waals surface area contributed by atoms with Gasteiger partial charge in [-0.2, -0.15) is 5.10 Å². The molecule has 1 aliphatic heterocycles. The number of rotatable bonds is 2. The lowest BCUT2D eigenvalue weighted by atomic mass is 10.0. The van der Waals surface area contributed by atoms with Gasteiger partial charge in [-0.15, -0.1) is 0 Å². The summed E-state index contributed by atoms with van der Waals surface area (Å²) < 4.78 is 5.52. The van der Waals surface area contributed by atoms with E-state index >= 15 is 0 Å².